The van der Waals surface area contributed by atoms with E-state index in [2.05, 4.69) is 34.6 Å². The Hall–Kier alpha value is -2.01. The second kappa shape index (κ2) is 9.21. The molecule has 6 heteroatoms. The average molecular weight is 443 g/mol. The average Bonchev–Trinajstić information content (AvgIpc) is 3.56. The summed E-state index contributed by atoms with van der Waals surface area (Å²) < 4.78 is 0. The lowest BCUT2D eigenvalue weighted by Gasteiger charge is -2.20. The highest BCUT2D eigenvalue weighted by Crippen LogP contribution is 2.35. The maximum Gasteiger partial charge on any atom is 0.253 e. The number of halogens is 2. The van der Waals surface area contributed by atoms with Crippen LogP contribution in [0.25, 0.3) is 0 Å². The maximum atomic E-state index is 12.9. The van der Waals surface area contributed by atoms with E-state index in [4.69, 9.17) is 23.2 Å². The van der Waals surface area contributed by atoms with Gasteiger partial charge in [0.05, 0.1) is 16.6 Å². The number of aromatic nitrogens is 1. The summed E-state index contributed by atoms with van der Waals surface area (Å²) in [6.07, 6.45) is 6.20. The fourth-order valence-electron chi connectivity index (χ4n) is 3.04. The lowest BCUT2D eigenvalue weighted by atomic mass is 9.99. The molecular weight excluding hydrogens is 423 g/mol. The number of pyridine rings is 1. The van der Waals surface area contributed by atoms with Crippen LogP contribution in [0.15, 0.2) is 71.9 Å². The maximum absolute atomic E-state index is 12.9. The molecule has 1 aliphatic rings. The van der Waals surface area contributed by atoms with E-state index in [1.54, 1.807) is 30.6 Å². The van der Waals surface area contributed by atoms with Crippen molar-refractivity contribution in [3.63, 3.8) is 0 Å². The second-order valence-corrected chi connectivity index (χ2v) is 9.08. The standard InChI is InChI=1S/C23H20Cl2N2OS/c24-18-7-10-20(21(25)12-18)23(28)27-22(17-2-1-11-26-13-17)16-5-8-19(9-6-16)29-14-15-3-4-15/h1-2,5-13,15,22H,3-4,14H2,(H,27,28). The first-order chi connectivity index (χ1) is 14.1. The third-order valence-electron chi connectivity index (χ3n) is 4.86. The van der Waals surface area contributed by atoms with Crippen LogP contribution < -0.4 is 5.32 Å². The first-order valence-electron chi connectivity index (χ1n) is 9.49. The Labute approximate surface area is 184 Å². The van der Waals surface area contributed by atoms with Gasteiger partial charge in [-0.25, -0.2) is 0 Å². The molecule has 0 bridgehead atoms. The normalized spacial score (nSPS) is 14.4. The summed E-state index contributed by atoms with van der Waals surface area (Å²) in [6.45, 7) is 0. The summed E-state index contributed by atoms with van der Waals surface area (Å²) >= 11 is 14.1. The highest BCUT2D eigenvalue weighted by molar-refractivity contribution is 7.99. The molecule has 0 saturated heterocycles. The van der Waals surface area contributed by atoms with Gasteiger partial charge in [-0.2, -0.15) is 0 Å². The predicted octanol–water partition coefficient (Wildman–Crippen LogP) is 6.41. The SMILES string of the molecule is O=C(NC(c1ccc(SCC2CC2)cc1)c1cccnc1)c1ccc(Cl)cc1Cl. The molecule has 29 heavy (non-hydrogen) atoms. The summed E-state index contributed by atoms with van der Waals surface area (Å²) in [5, 5.41) is 3.91. The number of nitrogens with zero attached hydrogens (tertiary/aromatic N) is 1. The Kier molecular flexibility index (Phi) is 6.43. The van der Waals surface area contributed by atoms with Gasteiger partial charge in [-0.3, -0.25) is 9.78 Å². The Bertz CT molecular complexity index is 992. The molecular formula is C23H20Cl2N2OS. The minimum absolute atomic E-state index is 0.257. The molecule has 1 unspecified atom stereocenters. The van der Waals surface area contributed by atoms with Crippen molar-refractivity contribution in [1.82, 2.24) is 10.3 Å². The number of hydrogen-bond acceptors (Lipinski definition) is 3. The Morgan fingerprint density at radius 3 is 2.55 bits per heavy atom. The summed E-state index contributed by atoms with van der Waals surface area (Å²) in [5.74, 6) is 1.80. The molecule has 1 fully saturated rings. The lowest BCUT2D eigenvalue weighted by Crippen LogP contribution is -2.29. The fraction of sp³-hybridized carbons (Fsp3) is 0.217. The number of nitrogens with one attached hydrogen (secondary N) is 1. The smallest absolute Gasteiger partial charge is 0.253 e. The number of rotatable bonds is 7. The fourth-order valence-corrected chi connectivity index (χ4v) is 4.63. The van der Waals surface area contributed by atoms with E-state index in [-0.39, 0.29) is 11.9 Å². The van der Waals surface area contributed by atoms with Gasteiger partial charge in [-0.15, -0.1) is 11.8 Å². The van der Waals surface area contributed by atoms with Crippen molar-refractivity contribution >= 4 is 40.9 Å². The van der Waals surface area contributed by atoms with Crippen LogP contribution in [0.4, 0.5) is 0 Å². The summed E-state index contributed by atoms with van der Waals surface area (Å²) in [6, 6.07) is 16.7. The summed E-state index contributed by atoms with van der Waals surface area (Å²) in [4.78, 5) is 18.4. The van der Waals surface area contributed by atoms with Crippen molar-refractivity contribution in [3.8, 4) is 0 Å². The molecule has 4 rings (SSSR count). The Balaban J connectivity index is 1.57. The van der Waals surface area contributed by atoms with Gasteiger partial charge in [0.1, 0.15) is 0 Å². The summed E-state index contributed by atoms with van der Waals surface area (Å²) in [7, 11) is 0. The molecule has 148 valence electrons. The van der Waals surface area contributed by atoms with Crippen LogP contribution in [0, 0.1) is 5.92 Å². The minimum atomic E-state index is -0.328. The van der Waals surface area contributed by atoms with Crippen molar-refractivity contribution in [3.05, 3.63) is 93.7 Å². The van der Waals surface area contributed by atoms with Gasteiger partial charge in [0.25, 0.3) is 5.91 Å². The van der Waals surface area contributed by atoms with E-state index < -0.39 is 0 Å². The van der Waals surface area contributed by atoms with Gasteiger partial charge in [0.2, 0.25) is 0 Å². The highest BCUT2D eigenvalue weighted by Gasteiger charge is 2.22. The molecule has 0 aliphatic heterocycles. The van der Waals surface area contributed by atoms with Gasteiger partial charge >= 0.3 is 0 Å². The number of thioether (sulfide) groups is 1. The first-order valence-corrected chi connectivity index (χ1v) is 11.2. The monoisotopic (exact) mass is 442 g/mol. The number of carbonyl (C=O) groups is 1. The Morgan fingerprint density at radius 1 is 1.10 bits per heavy atom. The van der Waals surface area contributed by atoms with Gasteiger partial charge in [0, 0.05) is 28.1 Å². The molecule has 1 N–H and O–H groups in total. The van der Waals surface area contributed by atoms with Crippen molar-refractivity contribution in [1.29, 1.82) is 0 Å². The van der Waals surface area contributed by atoms with Crippen LogP contribution in [-0.2, 0) is 0 Å². The topological polar surface area (TPSA) is 42.0 Å². The van der Waals surface area contributed by atoms with E-state index in [0.29, 0.717) is 15.6 Å². The third kappa shape index (κ3) is 5.33. The zero-order valence-corrected chi connectivity index (χ0v) is 18.0. The predicted molar refractivity (Wildman–Crippen MR) is 120 cm³/mol. The van der Waals surface area contributed by atoms with Gasteiger partial charge in [-0.1, -0.05) is 41.4 Å². The van der Waals surface area contributed by atoms with E-state index in [1.807, 2.05) is 23.9 Å². The second-order valence-electron chi connectivity index (χ2n) is 7.14. The van der Waals surface area contributed by atoms with Crippen molar-refractivity contribution in [2.75, 3.05) is 5.75 Å². The molecule has 1 aliphatic carbocycles. The van der Waals surface area contributed by atoms with Gasteiger partial charge in [0.15, 0.2) is 0 Å². The molecule has 3 nitrogen and oxygen atoms in total. The number of hydrogen-bond donors (Lipinski definition) is 1. The number of amides is 1. The zero-order valence-electron chi connectivity index (χ0n) is 15.6. The van der Waals surface area contributed by atoms with E-state index >= 15 is 0 Å². The summed E-state index contributed by atoms with van der Waals surface area (Å²) in [5.41, 5.74) is 2.29. The Morgan fingerprint density at radius 2 is 1.90 bits per heavy atom. The van der Waals surface area contributed by atoms with Crippen LogP contribution in [0.5, 0.6) is 0 Å². The van der Waals surface area contributed by atoms with E-state index in [9.17, 15) is 4.79 Å². The zero-order chi connectivity index (χ0) is 20.2. The van der Waals surface area contributed by atoms with E-state index in [1.165, 1.54) is 23.5 Å². The largest absolute Gasteiger partial charge is 0.341 e. The molecule has 0 radical (unpaired) electrons. The molecule has 3 aromatic rings. The first kappa shape index (κ1) is 20.3. The third-order valence-corrected chi connectivity index (χ3v) is 6.66. The van der Waals surface area contributed by atoms with Crippen LogP contribution in [0.2, 0.25) is 10.0 Å². The quantitative estimate of drug-likeness (QED) is 0.429. The molecule has 0 spiro atoms. The molecule has 1 saturated carbocycles. The molecule has 1 heterocycles. The van der Waals surface area contributed by atoms with Crippen LogP contribution in [0.1, 0.15) is 40.4 Å². The lowest BCUT2D eigenvalue weighted by molar-refractivity contribution is 0.0943. The minimum Gasteiger partial charge on any atom is -0.341 e. The molecule has 1 aromatic heterocycles. The van der Waals surface area contributed by atoms with Crippen molar-refractivity contribution in [2.24, 2.45) is 5.92 Å². The molecule has 1 atom stereocenters. The molecule has 2 aromatic carbocycles. The molecule has 1 amide bonds. The number of benzene rings is 2. The van der Waals surface area contributed by atoms with Gasteiger partial charge < -0.3 is 5.32 Å². The van der Waals surface area contributed by atoms with Crippen molar-refractivity contribution < 1.29 is 4.79 Å². The van der Waals surface area contributed by atoms with Crippen molar-refractivity contribution in [2.45, 2.75) is 23.8 Å². The van der Waals surface area contributed by atoms with Crippen LogP contribution >= 0.6 is 35.0 Å². The van der Waals surface area contributed by atoms with Crippen LogP contribution in [-0.4, -0.2) is 16.6 Å². The van der Waals surface area contributed by atoms with Gasteiger partial charge in [-0.05, 0) is 66.3 Å². The number of carbonyl (C=O) groups excluding carboxylic acids is 1. The van der Waals surface area contributed by atoms with E-state index in [0.717, 1.165) is 17.0 Å². The van der Waals surface area contributed by atoms with Crippen LogP contribution in [0.3, 0.4) is 0 Å². The highest BCUT2D eigenvalue weighted by atomic mass is 35.5.